The minimum absolute atomic E-state index is 0.0254. The third-order valence-corrected chi connectivity index (χ3v) is 6.65. The van der Waals surface area contributed by atoms with Gasteiger partial charge in [-0.2, -0.15) is 4.31 Å². The van der Waals surface area contributed by atoms with E-state index in [0.717, 1.165) is 15.4 Å². The fourth-order valence-corrected chi connectivity index (χ4v) is 4.82. The maximum Gasteiger partial charge on any atom is 0.247 e. The summed E-state index contributed by atoms with van der Waals surface area (Å²) in [6.45, 7) is -0.0172. The molecule has 0 radical (unpaired) electrons. The van der Waals surface area contributed by atoms with Crippen molar-refractivity contribution < 1.29 is 17.9 Å². The zero-order chi connectivity index (χ0) is 22.3. The molecule has 0 spiro atoms. The number of benzene rings is 3. The van der Waals surface area contributed by atoms with Crippen LogP contribution in [0.1, 0.15) is 11.1 Å². The summed E-state index contributed by atoms with van der Waals surface area (Å²) in [6.07, 6.45) is 0. The Balaban J connectivity index is 1.87. The number of nitrogens with zero attached hydrogens (tertiary/aromatic N) is 1. The predicted octanol–water partition coefficient (Wildman–Crippen LogP) is 3.86. The largest absolute Gasteiger partial charge is 0.495 e. The molecule has 0 fully saturated rings. The van der Waals surface area contributed by atoms with Crippen LogP contribution in [0.4, 0.5) is 0 Å². The Morgan fingerprint density at radius 1 is 0.968 bits per heavy atom. The Kier molecular flexibility index (Phi) is 7.68. The molecule has 8 heteroatoms. The number of carbonyl (C=O) groups is 1. The summed E-state index contributed by atoms with van der Waals surface area (Å²) in [5, 5.41) is 3.03. The maximum atomic E-state index is 13.5. The van der Waals surface area contributed by atoms with Gasteiger partial charge in [0.15, 0.2) is 0 Å². The van der Waals surface area contributed by atoms with Gasteiger partial charge in [-0.05, 0) is 29.3 Å². The van der Waals surface area contributed by atoms with Gasteiger partial charge in [0.1, 0.15) is 10.6 Å². The molecule has 1 N–H and O–H groups in total. The van der Waals surface area contributed by atoms with Crippen molar-refractivity contribution in [3.63, 3.8) is 0 Å². The molecule has 0 aliphatic carbocycles. The third kappa shape index (κ3) is 6.07. The van der Waals surface area contributed by atoms with E-state index in [1.54, 1.807) is 18.2 Å². The molecule has 0 saturated heterocycles. The summed E-state index contributed by atoms with van der Waals surface area (Å²) in [5.41, 5.74) is 1.67. The predicted molar refractivity (Wildman–Crippen MR) is 120 cm³/mol. The number of methoxy groups -OCH3 is 1. The topological polar surface area (TPSA) is 75.7 Å². The Bertz CT molecular complexity index is 1120. The number of sulfonamides is 1. The van der Waals surface area contributed by atoms with E-state index in [1.807, 2.05) is 48.5 Å². The first-order valence-electron chi connectivity index (χ1n) is 9.58. The molecule has 3 aromatic carbocycles. The number of rotatable bonds is 9. The molecule has 0 aromatic heterocycles. The highest BCUT2D eigenvalue weighted by Gasteiger charge is 2.30. The summed E-state index contributed by atoms with van der Waals surface area (Å²) in [6, 6.07) is 22.9. The van der Waals surface area contributed by atoms with Crippen LogP contribution >= 0.6 is 11.6 Å². The first kappa shape index (κ1) is 22.8. The molecular weight excluding hydrogens is 436 g/mol. The van der Waals surface area contributed by atoms with Gasteiger partial charge in [-0.15, -0.1) is 0 Å². The monoisotopic (exact) mass is 458 g/mol. The smallest absolute Gasteiger partial charge is 0.247 e. The first-order valence-corrected chi connectivity index (χ1v) is 11.4. The average Bonchev–Trinajstić information content (AvgIpc) is 2.78. The molecule has 0 aliphatic heterocycles. The fourth-order valence-electron chi connectivity index (χ4n) is 3.02. The van der Waals surface area contributed by atoms with Crippen LogP contribution in [0.15, 0.2) is 83.8 Å². The number of ether oxygens (including phenoxy) is 1. The van der Waals surface area contributed by atoms with E-state index in [4.69, 9.17) is 16.3 Å². The summed E-state index contributed by atoms with van der Waals surface area (Å²) >= 11 is 6.05. The summed E-state index contributed by atoms with van der Waals surface area (Å²) in [7, 11) is -2.69. The standard InChI is InChI=1S/C23H23ClN2O4S/c1-30-21-13-12-20(24)14-22(21)31(28,29)26(16-19-10-6-3-7-11-19)17-23(27)25-15-18-8-4-2-5-9-18/h2-14H,15-17H2,1H3,(H,25,27). The van der Waals surface area contributed by atoms with Crippen molar-refractivity contribution in [3.05, 3.63) is 95.0 Å². The summed E-state index contributed by atoms with van der Waals surface area (Å²) in [4.78, 5) is 12.6. The van der Waals surface area contributed by atoms with Crippen molar-refractivity contribution in [2.75, 3.05) is 13.7 Å². The molecule has 6 nitrogen and oxygen atoms in total. The van der Waals surface area contributed by atoms with Crippen LogP contribution in [-0.2, 0) is 27.9 Å². The molecule has 1 amide bonds. The molecule has 0 aliphatic rings. The van der Waals surface area contributed by atoms with Gasteiger partial charge >= 0.3 is 0 Å². The molecule has 162 valence electrons. The molecule has 3 rings (SSSR count). The van der Waals surface area contributed by atoms with Gasteiger partial charge in [0.05, 0.1) is 13.7 Å². The Morgan fingerprint density at radius 2 is 1.58 bits per heavy atom. The second-order valence-electron chi connectivity index (χ2n) is 6.82. The minimum atomic E-state index is -4.08. The van der Waals surface area contributed by atoms with E-state index in [0.29, 0.717) is 6.54 Å². The van der Waals surface area contributed by atoms with Crippen molar-refractivity contribution in [1.82, 2.24) is 9.62 Å². The average molecular weight is 459 g/mol. The lowest BCUT2D eigenvalue weighted by Gasteiger charge is -2.23. The van der Waals surface area contributed by atoms with Gasteiger partial charge < -0.3 is 10.1 Å². The number of hydrogen-bond acceptors (Lipinski definition) is 4. The highest BCUT2D eigenvalue weighted by Crippen LogP contribution is 2.30. The van der Waals surface area contributed by atoms with E-state index < -0.39 is 15.9 Å². The van der Waals surface area contributed by atoms with Crippen molar-refractivity contribution in [3.8, 4) is 5.75 Å². The van der Waals surface area contributed by atoms with Crippen LogP contribution in [0, 0.1) is 0 Å². The van der Waals surface area contributed by atoms with Crippen LogP contribution in [0.2, 0.25) is 5.02 Å². The van der Waals surface area contributed by atoms with E-state index in [1.165, 1.54) is 19.2 Å². The van der Waals surface area contributed by atoms with Crippen molar-refractivity contribution in [2.45, 2.75) is 18.0 Å². The lowest BCUT2D eigenvalue weighted by Crippen LogP contribution is -2.40. The number of carbonyl (C=O) groups excluding carboxylic acids is 1. The van der Waals surface area contributed by atoms with Gasteiger partial charge in [0.2, 0.25) is 15.9 Å². The van der Waals surface area contributed by atoms with E-state index >= 15 is 0 Å². The third-order valence-electron chi connectivity index (χ3n) is 4.60. The lowest BCUT2D eigenvalue weighted by atomic mass is 10.2. The number of nitrogens with one attached hydrogen (secondary N) is 1. The van der Waals surface area contributed by atoms with Gasteiger partial charge in [0.25, 0.3) is 0 Å². The lowest BCUT2D eigenvalue weighted by molar-refractivity contribution is -0.121. The van der Waals surface area contributed by atoms with E-state index in [9.17, 15) is 13.2 Å². The number of hydrogen-bond donors (Lipinski definition) is 1. The van der Waals surface area contributed by atoms with Crippen molar-refractivity contribution in [2.24, 2.45) is 0 Å². The minimum Gasteiger partial charge on any atom is -0.495 e. The zero-order valence-electron chi connectivity index (χ0n) is 17.0. The van der Waals surface area contributed by atoms with E-state index in [-0.39, 0.29) is 28.8 Å². The second kappa shape index (κ2) is 10.4. The highest BCUT2D eigenvalue weighted by atomic mass is 35.5. The quantitative estimate of drug-likeness (QED) is 0.528. The molecular formula is C23H23ClN2O4S. The first-order chi connectivity index (χ1) is 14.9. The second-order valence-corrected chi connectivity index (χ2v) is 9.16. The van der Waals surface area contributed by atoms with Crippen molar-refractivity contribution >= 4 is 27.5 Å². The van der Waals surface area contributed by atoms with Crippen LogP contribution in [-0.4, -0.2) is 32.3 Å². The van der Waals surface area contributed by atoms with Crippen LogP contribution in [0.5, 0.6) is 5.75 Å². The molecule has 0 heterocycles. The molecule has 3 aromatic rings. The van der Waals surface area contributed by atoms with Crippen LogP contribution in [0.25, 0.3) is 0 Å². The Hall–Kier alpha value is -2.87. The molecule has 0 atom stereocenters. The van der Waals surface area contributed by atoms with Gasteiger partial charge in [-0.1, -0.05) is 72.3 Å². The maximum absolute atomic E-state index is 13.5. The Morgan fingerprint density at radius 3 is 2.19 bits per heavy atom. The highest BCUT2D eigenvalue weighted by molar-refractivity contribution is 7.89. The molecule has 0 saturated carbocycles. The molecule has 0 unspecified atom stereocenters. The fraction of sp³-hybridized carbons (Fsp3) is 0.174. The summed E-state index contributed by atoms with van der Waals surface area (Å²) in [5.74, 6) is -0.253. The van der Waals surface area contributed by atoms with E-state index in [2.05, 4.69) is 5.32 Å². The zero-order valence-corrected chi connectivity index (χ0v) is 18.6. The Labute approximate surface area is 187 Å². The summed E-state index contributed by atoms with van der Waals surface area (Å²) < 4.78 is 33.3. The number of amides is 1. The van der Waals surface area contributed by atoms with Gasteiger partial charge in [-0.25, -0.2) is 8.42 Å². The number of halogens is 1. The van der Waals surface area contributed by atoms with Crippen molar-refractivity contribution in [1.29, 1.82) is 0 Å². The normalized spacial score (nSPS) is 11.3. The SMILES string of the molecule is COc1ccc(Cl)cc1S(=O)(=O)N(CC(=O)NCc1ccccc1)Cc1ccccc1. The molecule has 31 heavy (non-hydrogen) atoms. The van der Waals surface area contributed by atoms with Gasteiger partial charge in [-0.3, -0.25) is 4.79 Å². The molecule has 0 bridgehead atoms. The van der Waals surface area contributed by atoms with Gasteiger partial charge in [0, 0.05) is 18.1 Å². The van der Waals surface area contributed by atoms with Crippen LogP contribution < -0.4 is 10.1 Å². The van der Waals surface area contributed by atoms with Crippen LogP contribution in [0.3, 0.4) is 0 Å².